The summed E-state index contributed by atoms with van der Waals surface area (Å²) < 4.78 is 6.59. The molecule has 2 rings (SSSR count). The highest BCUT2D eigenvalue weighted by Crippen LogP contribution is 2.27. The fourth-order valence-electron chi connectivity index (χ4n) is 1.96. The van der Waals surface area contributed by atoms with Gasteiger partial charge >= 0.3 is 0 Å². The van der Waals surface area contributed by atoms with Gasteiger partial charge in [0, 0.05) is 12.6 Å². The lowest BCUT2D eigenvalue weighted by atomic mass is 10.1. The molecule has 0 fully saturated rings. The first kappa shape index (κ1) is 17.5. The molecule has 1 heterocycles. The molecule has 0 radical (unpaired) electrons. The Morgan fingerprint density at radius 2 is 2.04 bits per heavy atom. The minimum atomic E-state index is -0.399. The summed E-state index contributed by atoms with van der Waals surface area (Å²) in [5.74, 6) is 0.0314. The molecule has 6 heteroatoms. The zero-order chi connectivity index (χ0) is 16.7. The summed E-state index contributed by atoms with van der Waals surface area (Å²) in [6.07, 6.45) is 3.11. The average molecular weight is 438 g/mol. The van der Waals surface area contributed by atoms with Crippen molar-refractivity contribution in [2.75, 3.05) is 6.54 Å². The molecule has 0 bridgehead atoms. The topological polar surface area (TPSA) is 66.0 Å². The van der Waals surface area contributed by atoms with E-state index in [-0.39, 0.29) is 5.57 Å². The highest BCUT2D eigenvalue weighted by Gasteiger charge is 2.11. The molecule has 4 nitrogen and oxygen atoms in total. The summed E-state index contributed by atoms with van der Waals surface area (Å²) in [5.41, 5.74) is 1.24. The maximum Gasteiger partial charge on any atom is 0.262 e. The van der Waals surface area contributed by atoms with Crippen molar-refractivity contribution in [2.45, 2.75) is 12.8 Å². The Balaban J connectivity index is 1.87. The average Bonchev–Trinajstić information content (AvgIpc) is 2.88. The summed E-state index contributed by atoms with van der Waals surface area (Å²) in [7, 11) is 0. The Hall–Kier alpha value is -1.84. The SMILES string of the molecule is N#C/C(=C/c1cc(Br)c(Br)o1)C(=O)NCCCc1ccccc1. The molecule has 0 spiro atoms. The van der Waals surface area contributed by atoms with Gasteiger partial charge in [0.15, 0.2) is 4.67 Å². The van der Waals surface area contributed by atoms with E-state index in [1.807, 2.05) is 24.3 Å². The van der Waals surface area contributed by atoms with Gasteiger partial charge in [0.1, 0.15) is 17.4 Å². The van der Waals surface area contributed by atoms with Gasteiger partial charge in [-0.3, -0.25) is 4.79 Å². The maximum absolute atomic E-state index is 12.0. The quantitative estimate of drug-likeness (QED) is 0.412. The lowest BCUT2D eigenvalue weighted by Crippen LogP contribution is -2.25. The van der Waals surface area contributed by atoms with Gasteiger partial charge in [-0.1, -0.05) is 30.3 Å². The molecule has 0 aliphatic rings. The second-order valence-electron chi connectivity index (χ2n) is 4.79. The number of halogens is 2. The number of nitrogens with one attached hydrogen (secondary N) is 1. The Morgan fingerprint density at radius 1 is 1.30 bits per heavy atom. The Bertz CT molecular complexity index is 726. The molecule has 1 N–H and O–H groups in total. The van der Waals surface area contributed by atoms with Crippen LogP contribution in [-0.2, 0) is 11.2 Å². The number of nitriles is 1. The van der Waals surface area contributed by atoms with E-state index in [0.717, 1.165) is 17.3 Å². The number of carbonyl (C=O) groups excluding carboxylic acids is 1. The van der Waals surface area contributed by atoms with Gasteiger partial charge in [-0.05, 0) is 56.3 Å². The van der Waals surface area contributed by atoms with Crippen molar-refractivity contribution in [2.24, 2.45) is 0 Å². The molecule has 0 saturated carbocycles. The molecule has 0 aliphatic carbocycles. The van der Waals surface area contributed by atoms with E-state index in [1.54, 1.807) is 6.07 Å². The van der Waals surface area contributed by atoms with Crippen LogP contribution in [0.25, 0.3) is 6.08 Å². The minimum absolute atomic E-state index is 0.0125. The van der Waals surface area contributed by atoms with E-state index >= 15 is 0 Å². The molecule has 2 aromatic rings. The van der Waals surface area contributed by atoms with E-state index in [1.165, 1.54) is 11.6 Å². The molecule has 118 valence electrons. The molecule has 0 unspecified atom stereocenters. The first-order chi connectivity index (χ1) is 11.1. The van der Waals surface area contributed by atoms with Crippen molar-refractivity contribution in [1.82, 2.24) is 5.32 Å². The van der Waals surface area contributed by atoms with Gasteiger partial charge in [0.05, 0.1) is 4.47 Å². The smallest absolute Gasteiger partial charge is 0.262 e. The standard InChI is InChI=1S/C17H14Br2N2O2/c18-15-10-14(23-16(15)19)9-13(11-20)17(22)21-8-4-7-12-5-2-1-3-6-12/h1-3,5-6,9-10H,4,7-8H2,(H,21,22)/b13-9-. The highest BCUT2D eigenvalue weighted by atomic mass is 79.9. The molecule has 1 aromatic carbocycles. The van der Waals surface area contributed by atoms with Crippen LogP contribution in [0.3, 0.4) is 0 Å². The van der Waals surface area contributed by atoms with Crippen molar-refractivity contribution in [3.63, 3.8) is 0 Å². The summed E-state index contributed by atoms with van der Waals surface area (Å²) in [6.45, 7) is 0.512. The van der Waals surface area contributed by atoms with Gasteiger partial charge < -0.3 is 9.73 Å². The molecule has 1 amide bonds. The van der Waals surface area contributed by atoms with E-state index in [0.29, 0.717) is 17.0 Å². The summed E-state index contributed by atoms with van der Waals surface area (Å²) in [6, 6.07) is 13.6. The van der Waals surface area contributed by atoms with Crippen LogP contribution in [0.5, 0.6) is 0 Å². The molecule has 23 heavy (non-hydrogen) atoms. The third-order valence-corrected chi connectivity index (χ3v) is 4.80. The van der Waals surface area contributed by atoms with Gasteiger partial charge in [-0.15, -0.1) is 0 Å². The Labute approximate surface area is 151 Å². The molecule has 0 aliphatic heterocycles. The second-order valence-corrected chi connectivity index (χ2v) is 6.36. The fourth-order valence-corrected chi connectivity index (χ4v) is 2.57. The fraction of sp³-hybridized carbons (Fsp3) is 0.176. The van der Waals surface area contributed by atoms with Gasteiger partial charge in [0.2, 0.25) is 0 Å². The van der Waals surface area contributed by atoms with Crippen molar-refractivity contribution in [3.8, 4) is 6.07 Å². The lowest BCUT2D eigenvalue weighted by Gasteiger charge is -2.04. The summed E-state index contributed by atoms with van der Waals surface area (Å²) >= 11 is 6.50. The second kappa shape index (κ2) is 8.70. The summed E-state index contributed by atoms with van der Waals surface area (Å²) in [4.78, 5) is 12.0. The van der Waals surface area contributed by atoms with Crippen LogP contribution in [0.2, 0.25) is 0 Å². The molecule has 0 saturated heterocycles. The number of amides is 1. The van der Waals surface area contributed by atoms with Crippen molar-refractivity contribution in [3.05, 3.63) is 62.4 Å². The number of carbonyl (C=O) groups is 1. The number of nitrogens with zero attached hydrogens (tertiary/aromatic N) is 1. The number of benzene rings is 1. The zero-order valence-electron chi connectivity index (χ0n) is 12.2. The molecule has 0 atom stereocenters. The van der Waals surface area contributed by atoms with E-state index in [4.69, 9.17) is 9.68 Å². The predicted octanol–water partition coefficient (Wildman–Crippen LogP) is 4.46. The van der Waals surface area contributed by atoms with Crippen molar-refractivity contribution < 1.29 is 9.21 Å². The van der Waals surface area contributed by atoms with E-state index in [9.17, 15) is 4.79 Å². The summed E-state index contributed by atoms with van der Waals surface area (Å²) in [5, 5.41) is 11.9. The predicted molar refractivity (Wildman–Crippen MR) is 95.5 cm³/mol. The van der Waals surface area contributed by atoms with Gasteiger partial charge in [-0.25, -0.2) is 0 Å². The minimum Gasteiger partial charge on any atom is -0.449 e. The zero-order valence-corrected chi connectivity index (χ0v) is 15.4. The molecular formula is C17H14Br2N2O2. The van der Waals surface area contributed by atoms with Crippen LogP contribution in [0.1, 0.15) is 17.7 Å². The van der Waals surface area contributed by atoms with Crippen molar-refractivity contribution in [1.29, 1.82) is 5.26 Å². The Kier molecular flexibility index (Phi) is 6.63. The first-order valence-corrected chi connectivity index (χ1v) is 8.57. The third kappa shape index (κ3) is 5.38. The first-order valence-electron chi connectivity index (χ1n) is 6.99. The van der Waals surface area contributed by atoms with Crippen LogP contribution in [0, 0.1) is 11.3 Å². The van der Waals surface area contributed by atoms with Gasteiger partial charge in [-0.2, -0.15) is 5.26 Å². The van der Waals surface area contributed by atoms with Crippen molar-refractivity contribution >= 4 is 43.8 Å². The maximum atomic E-state index is 12.0. The molecular weight excluding hydrogens is 424 g/mol. The number of rotatable bonds is 6. The van der Waals surface area contributed by atoms with Crippen LogP contribution in [0.15, 0.2) is 55.5 Å². The van der Waals surface area contributed by atoms with Crippen LogP contribution < -0.4 is 5.32 Å². The van der Waals surface area contributed by atoms with Crippen LogP contribution in [-0.4, -0.2) is 12.5 Å². The van der Waals surface area contributed by atoms with E-state index < -0.39 is 5.91 Å². The Morgan fingerprint density at radius 3 is 2.65 bits per heavy atom. The highest BCUT2D eigenvalue weighted by molar-refractivity contribution is 9.13. The number of furan rings is 1. The molecule has 1 aromatic heterocycles. The largest absolute Gasteiger partial charge is 0.449 e. The monoisotopic (exact) mass is 436 g/mol. The van der Waals surface area contributed by atoms with Crippen LogP contribution in [0.4, 0.5) is 0 Å². The van der Waals surface area contributed by atoms with E-state index in [2.05, 4.69) is 49.3 Å². The lowest BCUT2D eigenvalue weighted by molar-refractivity contribution is -0.117. The number of hydrogen-bond donors (Lipinski definition) is 1. The van der Waals surface area contributed by atoms with Gasteiger partial charge in [0.25, 0.3) is 5.91 Å². The number of aryl methyl sites for hydroxylation is 1. The number of hydrogen-bond acceptors (Lipinski definition) is 3. The third-order valence-electron chi connectivity index (χ3n) is 3.09. The normalized spacial score (nSPS) is 11.1. The van der Waals surface area contributed by atoms with Crippen LogP contribution >= 0.6 is 31.9 Å².